The third-order valence-electron chi connectivity index (χ3n) is 3.31. The van der Waals surface area contributed by atoms with Crippen LogP contribution in [0.15, 0.2) is 6.07 Å². The fraction of sp³-hybridized carbons (Fsp3) is 0.692. The van der Waals surface area contributed by atoms with Crippen LogP contribution in [0.25, 0.3) is 0 Å². The molecule has 0 aliphatic heterocycles. The minimum absolute atomic E-state index is 0.505. The van der Waals surface area contributed by atoms with Crippen molar-refractivity contribution in [3.8, 4) is 5.88 Å². The molecular weight excluding hydrogens is 214 g/mol. The Morgan fingerprint density at radius 3 is 2.88 bits per heavy atom. The van der Waals surface area contributed by atoms with E-state index < -0.39 is 0 Å². The van der Waals surface area contributed by atoms with Crippen LogP contribution in [0.5, 0.6) is 5.88 Å². The summed E-state index contributed by atoms with van der Waals surface area (Å²) >= 11 is 0. The maximum Gasteiger partial charge on any atom is 0.226 e. The summed E-state index contributed by atoms with van der Waals surface area (Å²) in [5.74, 6) is 2.12. The number of rotatable bonds is 3. The van der Waals surface area contributed by atoms with Gasteiger partial charge in [0, 0.05) is 17.8 Å². The molecule has 1 aliphatic rings. The minimum atomic E-state index is 0.505. The van der Waals surface area contributed by atoms with Crippen LogP contribution in [0.1, 0.15) is 38.3 Å². The van der Waals surface area contributed by atoms with Gasteiger partial charge in [-0.15, -0.1) is 0 Å². The topological polar surface area (TPSA) is 47.0 Å². The van der Waals surface area contributed by atoms with Crippen LogP contribution >= 0.6 is 0 Å². The molecule has 2 atom stereocenters. The zero-order valence-corrected chi connectivity index (χ0v) is 10.9. The fourth-order valence-electron chi connectivity index (χ4n) is 2.46. The normalized spacial score (nSPS) is 24.4. The summed E-state index contributed by atoms with van der Waals surface area (Å²) < 4.78 is 5.15. The highest BCUT2D eigenvalue weighted by atomic mass is 16.5. The highest BCUT2D eigenvalue weighted by Gasteiger charge is 2.19. The second kappa shape index (κ2) is 5.34. The second-order valence-corrected chi connectivity index (χ2v) is 4.99. The van der Waals surface area contributed by atoms with Gasteiger partial charge in [0.25, 0.3) is 0 Å². The van der Waals surface area contributed by atoms with Crippen LogP contribution in [0.2, 0.25) is 0 Å². The Balaban J connectivity index is 2.04. The van der Waals surface area contributed by atoms with Crippen molar-refractivity contribution in [1.29, 1.82) is 0 Å². The number of anilines is 1. The van der Waals surface area contributed by atoms with Crippen LogP contribution in [-0.2, 0) is 0 Å². The zero-order valence-electron chi connectivity index (χ0n) is 10.9. The van der Waals surface area contributed by atoms with Gasteiger partial charge in [-0.3, -0.25) is 0 Å². The minimum Gasteiger partial charge on any atom is -0.481 e. The van der Waals surface area contributed by atoms with Crippen LogP contribution in [0, 0.1) is 12.8 Å². The van der Waals surface area contributed by atoms with E-state index in [9.17, 15) is 0 Å². The third kappa shape index (κ3) is 3.32. The molecule has 0 bridgehead atoms. The monoisotopic (exact) mass is 235 g/mol. The Labute approximate surface area is 103 Å². The first kappa shape index (κ1) is 12.1. The Bertz CT molecular complexity index is 381. The van der Waals surface area contributed by atoms with Gasteiger partial charge in [-0.25, -0.2) is 4.98 Å². The molecule has 1 aromatic rings. The van der Waals surface area contributed by atoms with E-state index in [4.69, 9.17) is 4.74 Å². The first-order valence-electron chi connectivity index (χ1n) is 6.33. The van der Waals surface area contributed by atoms with Crippen LogP contribution in [0.4, 0.5) is 5.95 Å². The maximum atomic E-state index is 5.15. The van der Waals surface area contributed by atoms with Gasteiger partial charge in [0.05, 0.1) is 7.11 Å². The highest BCUT2D eigenvalue weighted by molar-refractivity contribution is 5.31. The molecule has 1 aromatic heterocycles. The molecule has 17 heavy (non-hydrogen) atoms. The number of hydrogen-bond acceptors (Lipinski definition) is 4. The number of nitrogens with one attached hydrogen (secondary N) is 1. The summed E-state index contributed by atoms with van der Waals surface area (Å²) in [5.41, 5.74) is 0.934. The molecule has 2 unspecified atom stereocenters. The Hall–Kier alpha value is -1.32. The predicted octanol–water partition coefficient (Wildman–Crippen LogP) is 2.78. The molecule has 0 amide bonds. The molecule has 2 rings (SSSR count). The first-order valence-corrected chi connectivity index (χ1v) is 6.33. The van der Waals surface area contributed by atoms with E-state index in [0.717, 1.165) is 11.6 Å². The van der Waals surface area contributed by atoms with E-state index in [0.29, 0.717) is 17.9 Å². The van der Waals surface area contributed by atoms with Gasteiger partial charge >= 0.3 is 0 Å². The number of methoxy groups -OCH3 is 1. The average Bonchev–Trinajstić information content (AvgIpc) is 2.28. The third-order valence-corrected chi connectivity index (χ3v) is 3.31. The number of aryl methyl sites for hydroxylation is 1. The van der Waals surface area contributed by atoms with E-state index in [2.05, 4.69) is 22.2 Å². The molecule has 0 spiro atoms. The Morgan fingerprint density at radius 1 is 1.35 bits per heavy atom. The van der Waals surface area contributed by atoms with Crippen molar-refractivity contribution in [3.05, 3.63) is 11.8 Å². The summed E-state index contributed by atoms with van der Waals surface area (Å²) in [4.78, 5) is 8.73. The largest absolute Gasteiger partial charge is 0.481 e. The molecule has 94 valence electrons. The summed E-state index contributed by atoms with van der Waals surface area (Å²) in [6.45, 7) is 4.27. The number of nitrogens with zero attached hydrogens (tertiary/aromatic N) is 2. The second-order valence-electron chi connectivity index (χ2n) is 4.99. The van der Waals surface area contributed by atoms with Crippen molar-refractivity contribution in [2.24, 2.45) is 5.92 Å². The predicted molar refractivity (Wildman–Crippen MR) is 68.4 cm³/mol. The van der Waals surface area contributed by atoms with Gasteiger partial charge in [-0.05, 0) is 25.7 Å². The van der Waals surface area contributed by atoms with Crippen molar-refractivity contribution in [1.82, 2.24) is 9.97 Å². The lowest BCUT2D eigenvalue weighted by Crippen LogP contribution is -2.27. The van der Waals surface area contributed by atoms with E-state index in [1.807, 2.05) is 13.0 Å². The molecule has 0 radical (unpaired) electrons. The average molecular weight is 235 g/mol. The van der Waals surface area contributed by atoms with Gasteiger partial charge in [-0.2, -0.15) is 4.98 Å². The van der Waals surface area contributed by atoms with E-state index >= 15 is 0 Å². The molecule has 1 fully saturated rings. The van der Waals surface area contributed by atoms with E-state index in [1.165, 1.54) is 25.7 Å². The highest BCUT2D eigenvalue weighted by Crippen LogP contribution is 2.25. The first-order chi connectivity index (χ1) is 8.17. The van der Waals surface area contributed by atoms with Gasteiger partial charge in [-0.1, -0.05) is 19.8 Å². The molecule has 1 heterocycles. The summed E-state index contributed by atoms with van der Waals surface area (Å²) in [5, 5.41) is 3.42. The molecule has 1 N–H and O–H groups in total. The Morgan fingerprint density at radius 2 is 2.18 bits per heavy atom. The number of ether oxygens (including phenoxy) is 1. The molecular formula is C13H21N3O. The maximum absolute atomic E-state index is 5.15. The number of hydrogen-bond donors (Lipinski definition) is 1. The molecule has 4 heteroatoms. The van der Waals surface area contributed by atoms with E-state index in [-0.39, 0.29) is 0 Å². The molecule has 1 saturated carbocycles. The van der Waals surface area contributed by atoms with Gasteiger partial charge in [0.1, 0.15) is 0 Å². The van der Waals surface area contributed by atoms with Crippen molar-refractivity contribution >= 4 is 5.95 Å². The standard InChI is InChI=1S/C13H21N3O/c1-9-5-4-6-11(7-9)15-13-14-10(2)8-12(16-13)17-3/h8-9,11H,4-7H2,1-3H3,(H,14,15,16). The summed E-state index contributed by atoms with van der Waals surface area (Å²) in [6, 6.07) is 2.35. The molecule has 1 aliphatic carbocycles. The van der Waals surface area contributed by atoms with E-state index in [1.54, 1.807) is 7.11 Å². The van der Waals surface area contributed by atoms with Crippen molar-refractivity contribution in [2.45, 2.75) is 45.6 Å². The van der Waals surface area contributed by atoms with Gasteiger partial charge in [0.15, 0.2) is 0 Å². The van der Waals surface area contributed by atoms with Crippen molar-refractivity contribution in [2.75, 3.05) is 12.4 Å². The van der Waals surface area contributed by atoms with Crippen molar-refractivity contribution < 1.29 is 4.74 Å². The van der Waals surface area contributed by atoms with Gasteiger partial charge in [0.2, 0.25) is 11.8 Å². The lowest BCUT2D eigenvalue weighted by atomic mass is 9.87. The van der Waals surface area contributed by atoms with Crippen LogP contribution in [0.3, 0.4) is 0 Å². The summed E-state index contributed by atoms with van der Waals surface area (Å²) in [6.07, 6.45) is 5.06. The van der Waals surface area contributed by atoms with Crippen LogP contribution < -0.4 is 10.1 Å². The lowest BCUT2D eigenvalue weighted by Gasteiger charge is -2.27. The molecule has 0 saturated heterocycles. The molecule has 0 aromatic carbocycles. The quantitative estimate of drug-likeness (QED) is 0.875. The Kier molecular flexibility index (Phi) is 3.82. The van der Waals surface area contributed by atoms with Gasteiger partial charge < -0.3 is 10.1 Å². The zero-order chi connectivity index (χ0) is 12.3. The van der Waals surface area contributed by atoms with Crippen LogP contribution in [-0.4, -0.2) is 23.1 Å². The lowest BCUT2D eigenvalue weighted by molar-refractivity contribution is 0.356. The smallest absolute Gasteiger partial charge is 0.226 e. The fourth-order valence-corrected chi connectivity index (χ4v) is 2.46. The SMILES string of the molecule is COc1cc(C)nc(NC2CCCC(C)C2)n1. The molecule has 4 nitrogen and oxygen atoms in total. The van der Waals surface area contributed by atoms with Crippen molar-refractivity contribution in [3.63, 3.8) is 0 Å². The number of aromatic nitrogens is 2. The summed E-state index contributed by atoms with van der Waals surface area (Å²) in [7, 11) is 1.63.